The molecule has 2 rings (SSSR count). The second kappa shape index (κ2) is 11.8. The van der Waals surface area contributed by atoms with Crippen molar-refractivity contribution in [1.82, 2.24) is 5.48 Å². The molecular formula is C22H24F2N2O6. The maximum absolute atomic E-state index is 13.9. The molecule has 2 amide bonds. The molecule has 32 heavy (non-hydrogen) atoms. The Morgan fingerprint density at radius 2 is 1.84 bits per heavy atom. The van der Waals surface area contributed by atoms with Gasteiger partial charge in [0, 0.05) is 18.1 Å². The number of ether oxygens (including phenoxy) is 2. The summed E-state index contributed by atoms with van der Waals surface area (Å²) in [6, 6.07) is 9.19. The predicted octanol–water partition coefficient (Wildman–Crippen LogP) is 3.71. The zero-order valence-electron chi connectivity index (χ0n) is 17.5. The number of hydrogen-bond donors (Lipinski definition) is 4. The molecule has 0 heterocycles. The number of carbonyl (C=O) groups excluding carboxylic acids is 2. The molecule has 0 radical (unpaired) electrons. The molecule has 2 aromatic carbocycles. The van der Waals surface area contributed by atoms with Gasteiger partial charge in [-0.2, -0.15) is 0 Å². The highest BCUT2D eigenvalue weighted by atomic mass is 19.1. The van der Waals surface area contributed by atoms with E-state index in [0.29, 0.717) is 23.0 Å². The van der Waals surface area contributed by atoms with Crippen LogP contribution in [0.3, 0.4) is 0 Å². The Labute approximate surface area is 183 Å². The Bertz CT molecular complexity index is 965. The molecule has 0 bridgehead atoms. The van der Waals surface area contributed by atoms with Crippen molar-refractivity contribution in [3.05, 3.63) is 71.3 Å². The molecule has 0 saturated heterocycles. The van der Waals surface area contributed by atoms with E-state index in [2.05, 4.69) is 5.32 Å². The molecule has 0 spiro atoms. The minimum Gasteiger partial charge on any atom is -0.491 e. The van der Waals surface area contributed by atoms with Crippen LogP contribution >= 0.6 is 0 Å². The Kier molecular flexibility index (Phi) is 9.11. The van der Waals surface area contributed by atoms with Gasteiger partial charge >= 0.3 is 6.09 Å². The maximum atomic E-state index is 13.9. The Morgan fingerprint density at radius 3 is 2.44 bits per heavy atom. The van der Waals surface area contributed by atoms with E-state index in [1.807, 2.05) is 0 Å². The molecule has 0 aliphatic rings. The van der Waals surface area contributed by atoms with Crippen LogP contribution in [-0.4, -0.2) is 35.5 Å². The predicted molar refractivity (Wildman–Crippen MR) is 111 cm³/mol. The van der Waals surface area contributed by atoms with Crippen LogP contribution in [0.1, 0.15) is 25.5 Å². The van der Waals surface area contributed by atoms with E-state index < -0.39 is 35.7 Å². The molecule has 0 unspecified atom stereocenters. The summed E-state index contributed by atoms with van der Waals surface area (Å²) in [5.74, 6) is -2.55. The van der Waals surface area contributed by atoms with Gasteiger partial charge in [-0.1, -0.05) is 24.6 Å². The summed E-state index contributed by atoms with van der Waals surface area (Å²) in [4.78, 5) is 24.0. The van der Waals surface area contributed by atoms with E-state index in [9.17, 15) is 18.4 Å². The Morgan fingerprint density at radius 1 is 1.16 bits per heavy atom. The molecule has 0 fully saturated rings. The standard InChI is InChI=1S/C22H24F2N2O6/c1-13(11-20(28)26-30)14(2)21(15-3-6-17(7-4-15)31-10-9-27)32-22(29)25-19-8-5-16(23)12-18(19)24/h3-8,11-12,14,21,27,30H,9-10H2,1-2H3,(H,25,29)(H,26,28)/b13-11+/t14-,21-/m1/s1. The highest BCUT2D eigenvalue weighted by Crippen LogP contribution is 2.32. The highest BCUT2D eigenvalue weighted by molar-refractivity contribution is 5.87. The van der Waals surface area contributed by atoms with Crippen molar-refractivity contribution < 1.29 is 38.2 Å². The summed E-state index contributed by atoms with van der Waals surface area (Å²) in [7, 11) is 0. The topological polar surface area (TPSA) is 117 Å². The lowest BCUT2D eigenvalue weighted by molar-refractivity contribution is -0.124. The average molecular weight is 450 g/mol. The summed E-state index contributed by atoms with van der Waals surface area (Å²) >= 11 is 0. The second-order valence-corrected chi connectivity index (χ2v) is 6.87. The molecule has 2 aromatic rings. The molecular weight excluding hydrogens is 426 g/mol. The molecule has 2 atom stereocenters. The van der Waals surface area contributed by atoms with Crippen LogP contribution in [0.4, 0.5) is 19.3 Å². The summed E-state index contributed by atoms with van der Waals surface area (Å²) in [5.41, 5.74) is 2.27. The molecule has 172 valence electrons. The van der Waals surface area contributed by atoms with Gasteiger partial charge in [0.25, 0.3) is 5.91 Å². The molecule has 10 heteroatoms. The third-order valence-electron chi connectivity index (χ3n) is 4.61. The number of hydrogen-bond acceptors (Lipinski definition) is 6. The van der Waals surface area contributed by atoms with Crippen LogP contribution in [0.2, 0.25) is 0 Å². The molecule has 0 aliphatic heterocycles. The van der Waals surface area contributed by atoms with E-state index in [1.54, 1.807) is 38.1 Å². The van der Waals surface area contributed by atoms with Crippen molar-refractivity contribution in [2.75, 3.05) is 18.5 Å². The number of rotatable bonds is 9. The number of aliphatic hydroxyl groups is 1. The smallest absolute Gasteiger partial charge is 0.412 e. The minimum absolute atomic E-state index is 0.111. The Balaban J connectivity index is 2.27. The number of halogens is 2. The van der Waals surface area contributed by atoms with Gasteiger partial charge in [0.15, 0.2) is 0 Å². The summed E-state index contributed by atoms with van der Waals surface area (Å²) in [5, 5.41) is 19.8. The van der Waals surface area contributed by atoms with E-state index in [1.165, 1.54) is 5.48 Å². The number of hydroxylamine groups is 1. The normalized spacial score (nSPS) is 13.1. The fraction of sp³-hybridized carbons (Fsp3) is 0.273. The first-order valence-corrected chi connectivity index (χ1v) is 9.63. The summed E-state index contributed by atoms with van der Waals surface area (Å²) in [6.45, 7) is 3.27. The van der Waals surface area contributed by atoms with E-state index in [0.717, 1.165) is 18.2 Å². The van der Waals surface area contributed by atoms with Crippen LogP contribution < -0.4 is 15.5 Å². The monoisotopic (exact) mass is 450 g/mol. The molecule has 0 saturated carbocycles. The molecule has 0 aromatic heterocycles. The number of anilines is 1. The van der Waals surface area contributed by atoms with Gasteiger partial charge in [-0.05, 0) is 36.8 Å². The second-order valence-electron chi connectivity index (χ2n) is 6.87. The zero-order valence-corrected chi connectivity index (χ0v) is 17.5. The SMILES string of the molecule is C/C(=C\C(=O)NO)[C@@H](C)[C@@H](OC(=O)Nc1ccc(F)cc1F)c1ccc(OCCO)cc1. The fourth-order valence-corrected chi connectivity index (χ4v) is 2.83. The van der Waals surface area contributed by atoms with Gasteiger partial charge in [-0.15, -0.1) is 0 Å². The Hall–Kier alpha value is -3.50. The number of aliphatic hydroxyl groups excluding tert-OH is 1. The lowest BCUT2D eigenvalue weighted by Crippen LogP contribution is -2.24. The van der Waals surface area contributed by atoms with Crippen LogP contribution in [0.15, 0.2) is 54.1 Å². The third-order valence-corrected chi connectivity index (χ3v) is 4.61. The minimum atomic E-state index is -0.993. The van der Waals surface area contributed by atoms with Gasteiger partial charge < -0.3 is 14.6 Å². The van der Waals surface area contributed by atoms with Crippen molar-refractivity contribution in [3.8, 4) is 5.75 Å². The summed E-state index contributed by atoms with van der Waals surface area (Å²) in [6.07, 6.45) is -0.752. The van der Waals surface area contributed by atoms with E-state index in [4.69, 9.17) is 19.8 Å². The number of benzene rings is 2. The first-order valence-electron chi connectivity index (χ1n) is 9.63. The van der Waals surface area contributed by atoms with Crippen LogP contribution in [0.5, 0.6) is 5.75 Å². The fourth-order valence-electron chi connectivity index (χ4n) is 2.83. The zero-order chi connectivity index (χ0) is 23.7. The third kappa shape index (κ3) is 7.03. The number of nitrogens with one attached hydrogen (secondary N) is 2. The lowest BCUT2D eigenvalue weighted by Gasteiger charge is -2.25. The van der Waals surface area contributed by atoms with Crippen molar-refractivity contribution in [2.24, 2.45) is 5.92 Å². The quantitative estimate of drug-likeness (QED) is 0.263. The molecule has 4 N–H and O–H groups in total. The molecule has 8 nitrogen and oxygen atoms in total. The average Bonchev–Trinajstić information content (AvgIpc) is 2.77. The first-order chi connectivity index (χ1) is 15.2. The van der Waals surface area contributed by atoms with Gasteiger partial charge in [0.1, 0.15) is 30.1 Å². The van der Waals surface area contributed by atoms with E-state index >= 15 is 0 Å². The lowest BCUT2D eigenvalue weighted by atomic mass is 9.91. The van der Waals surface area contributed by atoms with Gasteiger partial charge in [0.2, 0.25) is 0 Å². The van der Waals surface area contributed by atoms with Crippen LogP contribution in [0, 0.1) is 17.6 Å². The summed E-state index contributed by atoms with van der Waals surface area (Å²) < 4.78 is 37.8. The first kappa shape index (κ1) is 24.8. The van der Waals surface area contributed by atoms with Crippen LogP contribution in [-0.2, 0) is 9.53 Å². The maximum Gasteiger partial charge on any atom is 0.412 e. The van der Waals surface area contributed by atoms with Crippen molar-refractivity contribution in [2.45, 2.75) is 20.0 Å². The highest BCUT2D eigenvalue weighted by Gasteiger charge is 2.26. The van der Waals surface area contributed by atoms with E-state index in [-0.39, 0.29) is 18.9 Å². The van der Waals surface area contributed by atoms with Gasteiger partial charge in [-0.25, -0.2) is 19.1 Å². The van der Waals surface area contributed by atoms with Crippen LogP contribution in [0.25, 0.3) is 0 Å². The van der Waals surface area contributed by atoms with Crippen molar-refractivity contribution >= 4 is 17.7 Å². The molecule has 0 aliphatic carbocycles. The van der Waals surface area contributed by atoms with Crippen molar-refractivity contribution in [1.29, 1.82) is 0 Å². The van der Waals surface area contributed by atoms with Gasteiger partial charge in [-0.3, -0.25) is 15.3 Å². The largest absolute Gasteiger partial charge is 0.491 e. The number of amides is 2. The van der Waals surface area contributed by atoms with Crippen molar-refractivity contribution in [3.63, 3.8) is 0 Å². The number of carbonyl (C=O) groups is 2. The van der Waals surface area contributed by atoms with Gasteiger partial charge in [0.05, 0.1) is 12.3 Å².